The van der Waals surface area contributed by atoms with Crippen LogP contribution in [-0.4, -0.2) is 38.3 Å². The van der Waals surface area contributed by atoms with Gasteiger partial charge in [-0.1, -0.05) is 13.8 Å². The minimum absolute atomic E-state index is 0.0313. The van der Waals surface area contributed by atoms with Gasteiger partial charge in [-0.2, -0.15) is 13.2 Å². The standard InChI is InChI=1S/C19H23F3N4O3/c1-11(2)9-18(4,26-17(27)28)10-29-15-6-5-13(25-16(15)19(20,21)22)14-7-8-23-12(3)24-14/h5-8,11,26H,9-10H2,1-4H3,(H,27,28). The lowest BCUT2D eigenvalue weighted by Crippen LogP contribution is -2.50. The minimum Gasteiger partial charge on any atom is -0.489 e. The summed E-state index contributed by atoms with van der Waals surface area (Å²) in [5.41, 5.74) is -1.98. The summed E-state index contributed by atoms with van der Waals surface area (Å²) in [6, 6.07) is 4.00. The highest BCUT2D eigenvalue weighted by Gasteiger charge is 2.38. The Bertz CT molecular complexity index is 874. The predicted molar refractivity (Wildman–Crippen MR) is 99.5 cm³/mol. The third-order valence-corrected chi connectivity index (χ3v) is 3.98. The average Bonchev–Trinajstić information content (AvgIpc) is 2.57. The molecule has 0 bridgehead atoms. The highest BCUT2D eigenvalue weighted by atomic mass is 19.4. The van der Waals surface area contributed by atoms with Crippen molar-refractivity contribution in [1.29, 1.82) is 0 Å². The molecular weight excluding hydrogens is 389 g/mol. The number of amides is 1. The summed E-state index contributed by atoms with van der Waals surface area (Å²) in [6.07, 6.45) is -4.22. The van der Waals surface area contributed by atoms with E-state index in [9.17, 15) is 18.0 Å². The molecule has 0 aromatic carbocycles. The van der Waals surface area contributed by atoms with E-state index in [4.69, 9.17) is 9.84 Å². The maximum absolute atomic E-state index is 13.6. The van der Waals surface area contributed by atoms with Crippen LogP contribution in [-0.2, 0) is 6.18 Å². The SMILES string of the molecule is Cc1nccc(-c2ccc(OCC(C)(CC(C)C)NC(=O)O)c(C(F)(F)F)n2)n1. The molecule has 1 unspecified atom stereocenters. The largest absolute Gasteiger partial charge is 0.489 e. The van der Waals surface area contributed by atoms with Gasteiger partial charge in [0, 0.05) is 6.20 Å². The van der Waals surface area contributed by atoms with E-state index in [0.29, 0.717) is 12.2 Å². The number of carbonyl (C=O) groups is 1. The zero-order valence-electron chi connectivity index (χ0n) is 16.5. The molecule has 0 aliphatic rings. The van der Waals surface area contributed by atoms with Gasteiger partial charge >= 0.3 is 12.3 Å². The zero-order chi connectivity index (χ0) is 21.8. The third-order valence-electron chi connectivity index (χ3n) is 3.98. The Morgan fingerprint density at radius 3 is 2.41 bits per heavy atom. The molecule has 0 radical (unpaired) electrons. The van der Waals surface area contributed by atoms with Gasteiger partial charge in [-0.3, -0.25) is 0 Å². The van der Waals surface area contributed by atoms with Crippen molar-refractivity contribution in [1.82, 2.24) is 20.3 Å². The van der Waals surface area contributed by atoms with Crippen LogP contribution in [0.3, 0.4) is 0 Å². The van der Waals surface area contributed by atoms with Gasteiger partial charge in [0.05, 0.1) is 16.9 Å². The van der Waals surface area contributed by atoms with Crippen molar-refractivity contribution in [2.45, 2.75) is 45.8 Å². The van der Waals surface area contributed by atoms with Crippen molar-refractivity contribution >= 4 is 6.09 Å². The number of rotatable bonds is 7. The highest BCUT2D eigenvalue weighted by Crippen LogP contribution is 2.36. The second-order valence-corrected chi connectivity index (χ2v) is 7.41. The first kappa shape index (κ1) is 22.4. The number of halogens is 3. The minimum atomic E-state index is -4.76. The maximum Gasteiger partial charge on any atom is 0.437 e. The van der Waals surface area contributed by atoms with Crippen LogP contribution >= 0.6 is 0 Å². The van der Waals surface area contributed by atoms with E-state index in [1.165, 1.54) is 24.4 Å². The summed E-state index contributed by atoms with van der Waals surface area (Å²) < 4.78 is 46.1. The van der Waals surface area contributed by atoms with Crippen LogP contribution < -0.4 is 10.1 Å². The number of alkyl halides is 3. The van der Waals surface area contributed by atoms with Crippen LogP contribution in [0, 0.1) is 12.8 Å². The number of hydrogen-bond donors (Lipinski definition) is 2. The number of carboxylic acid groups (broad SMARTS) is 1. The van der Waals surface area contributed by atoms with Gasteiger partial charge in [0.1, 0.15) is 18.2 Å². The zero-order valence-corrected chi connectivity index (χ0v) is 16.5. The highest BCUT2D eigenvalue weighted by molar-refractivity contribution is 5.65. The summed E-state index contributed by atoms with van der Waals surface area (Å²) in [5.74, 6) is 0.0237. The van der Waals surface area contributed by atoms with E-state index < -0.39 is 29.3 Å². The number of nitrogens with zero attached hydrogens (tertiary/aromatic N) is 3. The number of nitrogens with one attached hydrogen (secondary N) is 1. The number of aromatic nitrogens is 3. The third kappa shape index (κ3) is 6.30. The van der Waals surface area contributed by atoms with E-state index >= 15 is 0 Å². The monoisotopic (exact) mass is 412 g/mol. The fourth-order valence-corrected chi connectivity index (χ4v) is 3.05. The molecule has 0 spiro atoms. The first-order chi connectivity index (χ1) is 13.4. The van der Waals surface area contributed by atoms with Crippen molar-refractivity contribution in [3.05, 3.63) is 35.9 Å². The molecular formula is C19H23F3N4O3. The number of aryl methyl sites for hydroxylation is 1. The predicted octanol–water partition coefficient (Wildman–Crippen LogP) is 4.32. The fraction of sp³-hybridized carbons (Fsp3) is 0.474. The van der Waals surface area contributed by atoms with Crippen molar-refractivity contribution in [2.24, 2.45) is 5.92 Å². The van der Waals surface area contributed by atoms with Crippen molar-refractivity contribution in [3.63, 3.8) is 0 Å². The van der Waals surface area contributed by atoms with Gasteiger partial charge in [0.25, 0.3) is 0 Å². The summed E-state index contributed by atoms with van der Waals surface area (Å²) in [6.45, 7) is 6.68. The lowest BCUT2D eigenvalue weighted by molar-refractivity contribution is -0.142. The maximum atomic E-state index is 13.6. The van der Waals surface area contributed by atoms with Gasteiger partial charge < -0.3 is 15.2 Å². The Hall–Kier alpha value is -2.91. The Labute approximate surface area is 166 Å². The summed E-state index contributed by atoms with van der Waals surface area (Å²) in [4.78, 5) is 22.8. The fourth-order valence-electron chi connectivity index (χ4n) is 3.05. The molecule has 0 fully saturated rings. The van der Waals surface area contributed by atoms with Crippen molar-refractivity contribution in [2.75, 3.05) is 6.61 Å². The molecule has 158 valence electrons. The second-order valence-electron chi connectivity index (χ2n) is 7.41. The molecule has 0 aliphatic heterocycles. The van der Waals surface area contributed by atoms with Gasteiger partial charge in [-0.25, -0.2) is 19.7 Å². The molecule has 2 aromatic rings. The number of hydrogen-bond acceptors (Lipinski definition) is 5. The summed E-state index contributed by atoms with van der Waals surface area (Å²) >= 11 is 0. The Balaban J connectivity index is 2.35. The molecule has 0 saturated carbocycles. The van der Waals surface area contributed by atoms with Crippen molar-refractivity contribution in [3.8, 4) is 17.1 Å². The number of ether oxygens (including phenoxy) is 1. The molecule has 2 heterocycles. The smallest absolute Gasteiger partial charge is 0.437 e. The van der Waals surface area contributed by atoms with E-state index in [-0.39, 0.29) is 23.9 Å². The van der Waals surface area contributed by atoms with Crippen LogP contribution in [0.4, 0.5) is 18.0 Å². The normalized spacial score (nSPS) is 13.8. The van der Waals surface area contributed by atoms with Crippen LogP contribution in [0.5, 0.6) is 5.75 Å². The Morgan fingerprint density at radius 2 is 1.86 bits per heavy atom. The van der Waals surface area contributed by atoms with Gasteiger partial charge in [-0.15, -0.1) is 0 Å². The molecule has 29 heavy (non-hydrogen) atoms. The Morgan fingerprint density at radius 1 is 1.21 bits per heavy atom. The van der Waals surface area contributed by atoms with Crippen LogP contribution in [0.1, 0.15) is 38.7 Å². The van der Waals surface area contributed by atoms with Crippen LogP contribution in [0.2, 0.25) is 0 Å². The first-order valence-electron chi connectivity index (χ1n) is 8.92. The van der Waals surface area contributed by atoms with Crippen LogP contribution in [0.15, 0.2) is 24.4 Å². The molecule has 2 N–H and O–H groups in total. The topological polar surface area (TPSA) is 97.2 Å². The molecule has 1 atom stereocenters. The van der Waals surface area contributed by atoms with Gasteiger partial charge in [-0.05, 0) is 44.4 Å². The van der Waals surface area contributed by atoms with Gasteiger partial charge in [0.2, 0.25) is 0 Å². The molecule has 0 aliphatic carbocycles. The number of pyridine rings is 1. The molecule has 7 nitrogen and oxygen atoms in total. The molecule has 2 rings (SSSR count). The second kappa shape index (κ2) is 8.62. The average molecular weight is 412 g/mol. The lowest BCUT2D eigenvalue weighted by atomic mass is 9.91. The molecule has 10 heteroatoms. The van der Waals surface area contributed by atoms with E-state index in [1.54, 1.807) is 13.8 Å². The van der Waals surface area contributed by atoms with E-state index in [0.717, 1.165) is 0 Å². The van der Waals surface area contributed by atoms with Crippen molar-refractivity contribution < 1.29 is 27.8 Å². The molecule has 2 aromatic heterocycles. The first-order valence-corrected chi connectivity index (χ1v) is 8.92. The lowest BCUT2D eigenvalue weighted by Gasteiger charge is -2.31. The van der Waals surface area contributed by atoms with E-state index in [2.05, 4.69) is 20.3 Å². The summed E-state index contributed by atoms with van der Waals surface area (Å²) in [7, 11) is 0. The summed E-state index contributed by atoms with van der Waals surface area (Å²) in [5, 5.41) is 11.4. The van der Waals surface area contributed by atoms with Crippen LogP contribution in [0.25, 0.3) is 11.4 Å². The van der Waals surface area contributed by atoms with E-state index in [1.807, 2.05) is 13.8 Å². The van der Waals surface area contributed by atoms with Gasteiger partial charge in [0.15, 0.2) is 5.69 Å². The Kier molecular flexibility index (Phi) is 6.66. The molecule has 0 saturated heterocycles. The molecule has 1 amide bonds. The quantitative estimate of drug-likeness (QED) is 0.703.